The summed E-state index contributed by atoms with van der Waals surface area (Å²) >= 11 is 1.26. The van der Waals surface area contributed by atoms with Crippen LogP contribution in [-0.2, 0) is 4.79 Å². The molecule has 2 aromatic carbocycles. The molecular formula is C23H23N3O7S. The number of carboxylic acids is 1. The average Bonchev–Trinajstić information content (AvgIpc) is 3.37. The molecule has 0 amide bonds. The van der Waals surface area contributed by atoms with Crippen LogP contribution in [0.3, 0.4) is 0 Å². The quantitative estimate of drug-likeness (QED) is 0.439. The van der Waals surface area contributed by atoms with Crippen molar-refractivity contribution >= 4 is 28.3 Å². The average molecular weight is 486 g/mol. The van der Waals surface area contributed by atoms with Gasteiger partial charge in [0, 0.05) is 24.1 Å². The summed E-state index contributed by atoms with van der Waals surface area (Å²) in [6.07, 6.45) is 1.76. The van der Waals surface area contributed by atoms with Gasteiger partial charge in [-0.3, -0.25) is 9.59 Å². The molecule has 10 nitrogen and oxygen atoms in total. The van der Waals surface area contributed by atoms with E-state index < -0.39 is 5.97 Å². The van der Waals surface area contributed by atoms with Crippen molar-refractivity contribution in [3.63, 3.8) is 0 Å². The lowest BCUT2D eigenvalue weighted by Gasteiger charge is -2.07. The zero-order chi connectivity index (χ0) is 24.8. The van der Waals surface area contributed by atoms with Crippen LogP contribution >= 0.6 is 11.3 Å². The zero-order valence-corrected chi connectivity index (χ0v) is 20.0. The monoisotopic (exact) mass is 485 g/mol. The minimum Gasteiger partial charge on any atom is -0.497 e. The Kier molecular flexibility index (Phi) is 7.69. The summed E-state index contributed by atoms with van der Waals surface area (Å²) in [4.78, 5) is 26.9. The van der Waals surface area contributed by atoms with Crippen molar-refractivity contribution in [3.8, 4) is 34.4 Å². The number of methoxy groups -OCH3 is 4. The van der Waals surface area contributed by atoms with E-state index in [0.29, 0.717) is 38.3 Å². The fourth-order valence-electron chi connectivity index (χ4n) is 3.01. The summed E-state index contributed by atoms with van der Waals surface area (Å²) in [5, 5.41) is 11.8. The first kappa shape index (κ1) is 24.5. The van der Waals surface area contributed by atoms with Crippen molar-refractivity contribution in [1.82, 2.24) is 14.6 Å². The molecule has 2 aromatic heterocycles. The Morgan fingerprint density at radius 1 is 0.971 bits per heavy atom. The van der Waals surface area contributed by atoms with Gasteiger partial charge in [0.05, 0.1) is 33.0 Å². The Morgan fingerprint density at radius 2 is 1.65 bits per heavy atom. The van der Waals surface area contributed by atoms with Gasteiger partial charge in [0.1, 0.15) is 11.5 Å². The zero-order valence-electron chi connectivity index (χ0n) is 19.2. The summed E-state index contributed by atoms with van der Waals surface area (Å²) in [5.41, 5.74) is 1.25. The molecular weight excluding hydrogens is 462 g/mol. The molecule has 11 heteroatoms. The molecule has 178 valence electrons. The highest BCUT2D eigenvalue weighted by molar-refractivity contribution is 7.15. The summed E-state index contributed by atoms with van der Waals surface area (Å²) in [6.45, 7) is 1.08. The number of aromatic nitrogens is 3. The topological polar surface area (TPSA) is 121 Å². The Morgan fingerprint density at radius 3 is 2.24 bits per heavy atom. The lowest BCUT2D eigenvalue weighted by atomic mass is 10.2. The van der Waals surface area contributed by atoms with Gasteiger partial charge in [0.25, 0.3) is 11.5 Å². The van der Waals surface area contributed by atoms with E-state index in [0.717, 1.165) is 18.1 Å². The molecule has 0 aliphatic heterocycles. The van der Waals surface area contributed by atoms with E-state index in [-0.39, 0.29) is 5.56 Å². The summed E-state index contributed by atoms with van der Waals surface area (Å²) in [6, 6.07) is 10.8. The number of hydrogen-bond donors (Lipinski definition) is 1. The fraction of sp³-hybridized carbons (Fsp3) is 0.217. The largest absolute Gasteiger partial charge is 0.497 e. The molecule has 0 aliphatic rings. The van der Waals surface area contributed by atoms with Gasteiger partial charge in [-0.15, -0.1) is 5.10 Å². The number of thiazole rings is 1. The van der Waals surface area contributed by atoms with Gasteiger partial charge in [-0.25, -0.2) is 0 Å². The third kappa shape index (κ3) is 5.26. The van der Waals surface area contributed by atoms with Gasteiger partial charge in [0.15, 0.2) is 17.3 Å². The predicted molar refractivity (Wildman–Crippen MR) is 127 cm³/mol. The van der Waals surface area contributed by atoms with Crippen molar-refractivity contribution in [3.05, 3.63) is 56.8 Å². The number of hydrogen-bond acceptors (Lipinski definition) is 9. The van der Waals surface area contributed by atoms with Crippen LogP contribution < -0.4 is 29.0 Å². The lowest BCUT2D eigenvalue weighted by molar-refractivity contribution is -0.134. The Labute approximate surface area is 198 Å². The molecule has 0 fully saturated rings. The van der Waals surface area contributed by atoms with E-state index in [4.69, 9.17) is 28.8 Å². The van der Waals surface area contributed by atoms with Crippen molar-refractivity contribution in [1.29, 1.82) is 0 Å². The van der Waals surface area contributed by atoms with Crippen LogP contribution in [0.25, 0.3) is 22.4 Å². The number of rotatable bonds is 6. The van der Waals surface area contributed by atoms with Crippen LogP contribution in [-0.4, -0.2) is 54.1 Å². The first-order chi connectivity index (χ1) is 16.3. The Bertz CT molecular complexity index is 1420. The molecule has 34 heavy (non-hydrogen) atoms. The van der Waals surface area contributed by atoms with E-state index >= 15 is 0 Å². The van der Waals surface area contributed by atoms with Crippen LogP contribution in [0.5, 0.6) is 23.0 Å². The molecule has 0 aliphatic carbocycles. The SMILES string of the molecule is CC(=O)O.COc1ccc(/C=c2\sc3nc(-c4ccc(OC)c(OC)c4)nn3c2=O)c(OC)c1. The number of carboxylic acid groups (broad SMARTS) is 1. The molecule has 0 unspecified atom stereocenters. The molecule has 0 atom stereocenters. The van der Waals surface area contributed by atoms with Gasteiger partial charge in [-0.05, 0) is 36.4 Å². The first-order valence-electron chi connectivity index (χ1n) is 9.86. The van der Waals surface area contributed by atoms with Crippen LogP contribution in [0.15, 0.2) is 41.2 Å². The third-order valence-corrected chi connectivity index (χ3v) is 5.51. The highest BCUT2D eigenvalue weighted by atomic mass is 32.1. The van der Waals surface area contributed by atoms with E-state index in [1.165, 1.54) is 15.9 Å². The molecule has 4 rings (SSSR count). The highest BCUT2D eigenvalue weighted by Gasteiger charge is 2.14. The number of aliphatic carboxylic acids is 1. The second-order valence-corrected chi connectivity index (χ2v) is 7.75. The molecule has 2 heterocycles. The van der Waals surface area contributed by atoms with Gasteiger partial charge in [0.2, 0.25) is 4.96 Å². The number of carbonyl (C=O) groups is 1. The van der Waals surface area contributed by atoms with E-state index in [1.807, 2.05) is 18.2 Å². The van der Waals surface area contributed by atoms with Gasteiger partial charge >= 0.3 is 0 Å². The standard InChI is InChI=1S/C21H19N3O5S.C2H4O2/c1-26-14-7-5-12(16(11-14)28-3)10-18-20(25)24-21(30-18)22-19(23-24)13-6-8-15(27-2)17(9-13)29-4;1-2(3)4/h5-11H,1-4H3;1H3,(H,3,4)/b18-10-;. The lowest BCUT2D eigenvalue weighted by Crippen LogP contribution is -2.23. The molecule has 0 bridgehead atoms. The summed E-state index contributed by atoms with van der Waals surface area (Å²) in [5.74, 6) is 2.06. The third-order valence-electron chi connectivity index (χ3n) is 4.55. The van der Waals surface area contributed by atoms with Crippen molar-refractivity contribution in [2.45, 2.75) is 6.92 Å². The minimum atomic E-state index is -0.833. The smallest absolute Gasteiger partial charge is 0.300 e. The molecule has 0 saturated heterocycles. The fourth-order valence-corrected chi connectivity index (χ4v) is 3.91. The van der Waals surface area contributed by atoms with E-state index in [2.05, 4.69) is 10.1 Å². The van der Waals surface area contributed by atoms with Crippen LogP contribution in [0.4, 0.5) is 0 Å². The number of ether oxygens (including phenoxy) is 4. The van der Waals surface area contributed by atoms with Crippen molar-refractivity contribution < 1.29 is 28.8 Å². The summed E-state index contributed by atoms with van der Waals surface area (Å²) in [7, 11) is 6.29. The van der Waals surface area contributed by atoms with Crippen LogP contribution in [0.2, 0.25) is 0 Å². The minimum absolute atomic E-state index is 0.243. The van der Waals surface area contributed by atoms with Gasteiger partial charge in [-0.2, -0.15) is 9.50 Å². The normalized spacial score (nSPS) is 11.0. The molecule has 0 saturated carbocycles. The van der Waals surface area contributed by atoms with Crippen molar-refractivity contribution in [2.24, 2.45) is 0 Å². The highest BCUT2D eigenvalue weighted by Crippen LogP contribution is 2.31. The maximum absolute atomic E-state index is 12.9. The Hall–Kier alpha value is -4.12. The number of benzene rings is 2. The second-order valence-electron chi connectivity index (χ2n) is 6.74. The van der Waals surface area contributed by atoms with E-state index in [1.54, 1.807) is 52.7 Å². The number of fused-ring (bicyclic) bond motifs is 1. The van der Waals surface area contributed by atoms with Gasteiger partial charge in [-0.1, -0.05) is 11.3 Å². The first-order valence-corrected chi connectivity index (χ1v) is 10.7. The Balaban J connectivity index is 0.000000751. The van der Waals surface area contributed by atoms with Crippen molar-refractivity contribution in [2.75, 3.05) is 28.4 Å². The van der Waals surface area contributed by atoms with Crippen LogP contribution in [0, 0.1) is 0 Å². The second kappa shape index (κ2) is 10.7. The van der Waals surface area contributed by atoms with Crippen LogP contribution in [0.1, 0.15) is 12.5 Å². The summed E-state index contributed by atoms with van der Waals surface area (Å²) < 4.78 is 23.0. The maximum Gasteiger partial charge on any atom is 0.300 e. The maximum atomic E-state index is 12.9. The predicted octanol–water partition coefficient (Wildman–Crippen LogP) is 2.49. The van der Waals surface area contributed by atoms with E-state index in [9.17, 15) is 4.79 Å². The molecule has 4 aromatic rings. The number of nitrogens with zero attached hydrogens (tertiary/aromatic N) is 3. The molecule has 0 spiro atoms. The molecule has 1 N–H and O–H groups in total. The van der Waals surface area contributed by atoms with Gasteiger partial charge < -0.3 is 24.1 Å². The molecule has 0 radical (unpaired) electrons.